The molecule has 0 amide bonds. The lowest BCUT2D eigenvalue weighted by atomic mass is 9.89. The third-order valence-electron chi connectivity index (χ3n) is 3.47. The Labute approximate surface area is 134 Å². The quantitative estimate of drug-likeness (QED) is 0.558. The van der Waals surface area contributed by atoms with Gasteiger partial charge in [0.2, 0.25) is 0 Å². The first-order valence-corrected chi connectivity index (χ1v) is 9.13. The summed E-state index contributed by atoms with van der Waals surface area (Å²) in [5, 5.41) is 5.93. The van der Waals surface area contributed by atoms with Crippen molar-refractivity contribution < 1.29 is 33.4 Å². The maximum atomic E-state index is 8.49. The Kier molecular flexibility index (Phi) is 5.65. The van der Waals surface area contributed by atoms with E-state index < -0.39 is 10.2 Å². The second-order valence-electron chi connectivity index (χ2n) is 5.40. The van der Waals surface area contributed by atoms with E-state index in [1.165, 1.54) is 22.7 Å². The molecule has 0 fully saturated rings. The Morgan fingerprint density at radius 2 is 2.05 bits per heavy atom. The molecule has 22 heavy (non-hydrogen) atoms. The van der Waals surface area contributed by atoms with Gasteiger partial charge in [-0.25, -0.2) is 18.6 Å². The molecule has 0 saturated heterocycles. The van der Waals surface area contributed by atoms with Crippen LogP contribution >= 0.6 is 11.3 Å². The van der Waals surface area contributed by atoms with Crippen LogP contribution in [0.1, 0.15) is 43.0 Å². The van der Waals surface area contributed by atoms with E-state index in [1.54, 1.807) is 11.3 Å². The molecule has 0 N–H and O–H groups in total. The first-order chi connectivity index (χ1) is 10.3. The van der Waals surface area contributed by atoms with E-state index >= 15 is 0 Å². The van der Waals surface area contributed by atoms with Crippen LogP contribution in [0.4, 0.5) is 0 Å². The summed E-state index contributed by atoms with van der Waals surface area (Å²) in [6.45, 7) is 4.52. The maximum absolute atomic E-state index is 8.49. The SMILES string of the molecule is CCCc1n[n+]2c3c(cnc2s1)CC(C)CC3.[O-][Cl+3]([O-])([O-])[O-]. The van der Waals surface area contributed by atoms with Crippen LogP contribution in [0.3, 0.4) is 0 Å². The number of nitrogens with zero attached hydrogens (tertiary/aromatic N) is 3. The number of hydrogen-bond acceptors (Lipinski definition) is 7. The minimum atomic E-state index is -4.94. The molecule has 0 spiro atoms. The molecule has 1 unspecified atom stereocenters. The molecule has 1 aliphatic carbocycles. The van der Waals surface area contributed by atoms with Crippen molar-refractivity contribution in [2.24, 2.45) is 5.92 Å². The van der Waals surface area contributed by atoms with Crippen LogP contribution in [0.15, 0.2) is 6.20 Å². The number of fused-ring (bicyclic) bond motifs is 3. The van der Waals surface area contributed by atoms with E-state index in [1.807, 2.05) is 0 Å². The van der Waals surface area contributed by atoms with E-state index in [0.29, 0.717) is 0 Å². The third-order valence-corrected chi connectivity index (χ3v) is 4.45. The molecule has 0 radical (unpaired) electrons. The zero-order valence-corrected chi connectivity index (χ0v) is 14.0. The van der Waals surface area contributed by atoms with Crippen LogP contribution in [0.2, 0.25) is 0 Å². The predicted molar refractivity (Wildman–Crippen MR) is 68.3 cm³/mol. The van der Waals surface area contributed by atoms with Gasteiger partial charge in [-0.05, 0) is 41.5 Å². The van der Waals surface area contributed by atoms with Crippen molar-refractivity contribution in [3.8, 4) is 0 Å². The highest BCUT2D eigenvalue weighted by Crippen LogP contribution is 2.23. The molecule has 3 rings (SSSR count). The summed E-state index contributed by atoms with van der Waals surface area (Å²) in [6, 6.07) is 0. The largest absolute Gasteiger partial charge is 0.409 e. The van der Waals surface area contributed by atoms with Gasteiger partial charge in [0, 0.05) is 18.4 Å². The van der Waals surface area contributed by atoms with Crippen molar-refractivity contribution in [3.63, 3.8) is 0 Å². The Morgan fingerprint density at radius 3 is 2.68 bits per heavy atom. The van der Waals surface area contributed by atoms with Crippen LogP contribution in [-0.4, -0.2) is 10.1 Å². The minimum Gasteiger partial charge on any atom is -0.222 e. The molecule has 7 nitrogen and oxygen atoms in total. The molecule has 2 aromatic rings. The topological polar surface area (TPSA) is 122 Å². The van der Waals surface area contributed by atoms with Crippen molar-refractivity contribution >= 4 is 16.3 Å². The van der Waals surface area contributed by atoms with Crippen LogP contribution in [0, 0.1) is 16.2 Å². The van der Waals surface area contributed by atoms with Crippen molar-refractivity contribution in [3.05, 3.63) is 22.5 Å². The molecule has 1 atom stereocenters. The fourth-order valence-electron chi connectivity index (χ4n) is 2.54. The molecule has 9 heteroatoms. The van der Waals surface area contributed by atoms with Gasteiger partial charge in [0.05, 0.1) is 0 Å². The van der Waals surface area contributed by atoms with Gasteiger partial charge in [0.1, 0.15) is 16.9 Å². The molecule has 122 valence electrons. The van der Waals surface area contributed by atoms with E-state index in [0.717, 1.165) is 36.6 Å². The summed E-state index contributed by atoms with van der Waals surface area (Å²) >= 11 is 1.74. The zero-order chi connectivity index (χ0) is 16.3. The summed E-state index contributed by atoms with van der Waals surface area (Å²) < 4.78 is 36.1. The van der Waals surface area contributed by atoms with Crippen LogP contribution in [-0.2, 0) is 19.3 Å². The normalized spacial score (nSPS) is 17.8. The van der Waals surface area contributed by atoms with Crippen molar-refractivity contribution in [1.29, 1.82) is 0 Å². The fraction of sp³-hybridized carbons (Fsp3) is 0.615. The summed E-state index contributed by atoms with van der Waals surface area (Å²) in [5.41, 5.74) is 2.79. The number of aryl methyl sites for hydroxylation is 2. The van der Waals surface area contributed by atoms with E-state index in [9.17, 15) is 0 Å². The van der Waals surface area contributed by atoms with E-state index in [-0.39, 0.29) is 0 Å². The molecule has 0 aliphatic heterocycles. The summed E-state index contributed by atoms with van der Waals surface area (Å²) in [7, 11) is -4.94. The smallest absolute Gasteiger partial charge is 0.222 e. The number of hydrogen-bond donors (Lipinski definition) is 0. The monoisotopic (exact) mass is 347 g/mol. The molecule has 1 aliphatic rings. The second kappa shape index (κ2) is 7.12. The van der Waals surface area contributed by atoms with Gasteiger partial charge in [-0.1, -0.05) is 23.5 Å². The minimum absolute atomic E-state index is 0.788. The van der Waals surface area contributed by atoms with Gasteiger partial charge in [0.25, 0.3) is 0 Å². The first-order valence-electron chi connectivity index (χ1n) is 7.08. The maximum Gasteiger partial charge on any atom is 0.409 e. The lowest BCUT2D eigenvalue weighted by molar-refractivity contribution is -2.00. The Morgan fingerprint density at radius 1 is 1.36 bits per heavy atom. The van der Waals surface area contributed by atoms with Gasteiger partial charge in [-0.2, -0.15) is 0 Å². The van der Waals surface area contributed by atoms with E-state index in [2.05, 4.69) is 29.5 Å². The van der Waals surface area contributed by atoms with Gasteiger partial charge in [0.15, 0.2) is 0 Å². The highest BCUT2D eigenvalue weighted by Gasteiger charge is 2.25. The molecular weight excluding hydrogens is 330 g/mol. The molecule has 0 bridgehead atoms. The van der Waals surface area contributed by atoms with Crippen LogP contribution in [0.5, 0.6) is 0 Å². The van der Waals surface area contributed by atoms with Gasteiger partial charge >= 0.3 is 4.96 Å². The number of aromatic nitrogens is 3. The highest BCUT2D eigenvalue weighted by atomic mass is 35.7. The predicted octanol–water partition coefficient (Wildman–Crippen LogP) is -2.40. The summed E-state index contributed by atoms with van der Waals surface area (Å²) in [6.07, 6.45) is 7.87. The molecule has 2 aromatic heterocycles. The average Bonchev–Trinajstić information content (AvgIpc) is 2.79. The van der Waals surface area contributed by atoms with Crippen molar-refractivity contribution in [1.82, 2.24) is 10.1 Å². The van der Waals surface area contributed by atoms with Crippen LogP contribution < -0.4 is 23.2 Å². The lowest BCUT2D eigenvalue weighted by Crippen LogP contribution is -2.68. The third kappa shape index (κ3) is 4.80. The van der Waals surface area contributed by atoms with Gasteiger partial charge in [-0.3, -0.25) is 0 Å². The Bertz CT molecular complexity index is 638. The second-order valence-corrected chi connectivity index (χ2v) is 7.19. The van der Waals surface area contributed by atoms with Gasteiger partial charge in [-0.15, -0.1) is 10.2 Å². The average molecular weight is 348 g/mol. The first kappa shape index (κ1) is 17.5. The zero-order valence-electron chi connectivity index (χ0n) is 12.5. The highest BCUT2D eigenvalue weighted by molar-refractivity contribution is 7.16. The van der Waals surface area contributed by atoms with Crippen molar-refractivity contribution in [2.45, 2.75) is 46.0 Å². The summed E-state index contributed by atoms with van der Waals surface area (Å²) in [4.78, 5) is 5.61. The Hall–Kier alpha value is -0.900. The molecule has 0 saturated carbocycles. The fourth-order valence-corrected chi connectivity index (χ4v) is 3.52. The summed E-state index contributed by atoms with van der Waals surface area (Å²) in [5.74, 6) is 0.788. The molecular formula is C13H18ClN3O4S. The number of rotatable bonds is 2. The van der Waals surface area contributed by atoms with Gasteiger partial charge < -0.3 is 0 Å². The Balaban J connectivity index is 0.000000309. The standard InChI is InChI=1S/C13H18N3S.ClHO4/c1-3-4-12-15-16-11-6-5-9(2)7-10(11)8-14-13(16)17-12;2-1(3,4)5/h8-9H,3-7H2,1-2H3;(H,2,3,4,5)/q+1;/p-1. The molecule has 0 aromatic carbocycles. The van der Waals surface area contributed by atoms with Crippen molar-refractivity contribution in [2.75, 3.05) is 0 Å². The number of halogens is 1. The van der Waals surface area contributed by atoms with E-state index in [4.69, 9.17) is 23.7 Å². The lowest BCUT2D eigenvalue weighted by Gasteiger charge is -2.17. The molecule has 2 heterocycles. The van der Waals surface area contributed by atoms with Crippen LogP contribution in [0.25, 0.3) is 4.96 Å².